The summed E-state index contributed by atoms with van der Waals surface area (Å²) < 4.78 is 1.96. The molecule has 1 saturated heterocycles. The number of nitrogens with zero attached hydrogens (tertiary/aromatic N) is 3. The number of imidazole rings is 1. The molecule has 1 aromatic rings. The van der Waals surface area contributed by atoms with Crippen molar-refractivity contribution in [2.45, 2.75) is 19.4 Å². The minimum absolute atomic E-state index is 0.550. The summed E-state index contributed by atoms with van der Waals surface area (Å²) in [5, 5.41) is 0. The van der Waals surface area contributed by atoms with E-state index in [2.05, 4.69) is 16.9 Å². The summed E-state index contributed by atoms with van der Waals surface area (Å²) in [7, 11) is 2.16. The lowest BCUT2D eigenvalue weighted by molar-refractivity contribution is 0.110. The average molecular weight is 207 g/mol. The Balaban J connectivity index is 1.94. The first-order chi connectivity index (χ1) is 7.29. The van der Waals surface area contributed by atoms with Gasteiger partial charge in [0.15, 0.2) is 12.1 Å². The van der Waals surface area contributed by atoms with Crippen molar-refractivity contribution in [1.82, 2.24) is 14.5 Å². The third-order valence-electron chi connectivity index (χ3n) is 3.15. The summed E-state index contributed by atoms with van der Waals surface area (Å²) in [5.74, 6) is 1.24. The smallest absolute Gasteiger partial charge is 0.185 e. The average Bonchev–Trinajstić information content (AvgIpc) is 2.69. The molecule has 4 heteroatoms. The fraction of sp³-hybridized carbons (Fsp3) is 0.636. The summed E-state index contributed by atoms with van der Waals surface area (Å²) in [6.45, 7) is 3.26. The first-order valence-corrected chi connectivity index (χ1v) is 5.44. The standard InChI is InChI=1S/C11H17N3O/c1-13-5-2-10(3-6-13)8-14-7-4-12-11(14)9-15/h4,7,9-10H,2-3,5-6,8H2,1H3. The van der Waals surface area contributed by atoms with Crippen LogP contribution < -0.4 is 0 Å². The van der Waals surface area contributed by atoms with Gasteiger partial charge >= 0.3 is 0 Å². The number of aromatic nitrogens is 2. The van der Waals surface area contributed by atoms with E-state index in [1.54, 1.807) is 6.20 Å². The molecule has 1 aliphatic rings. The van der Waals surface area contributed by atoms with Gasteiger partial charge in [-0.3, -0.25) is 4.79 Å². The number of piperidine rings is 1. The number of aldehydes is 1. The molecule has 2 rings (SSSR count). The zero-order valence-corrected chi connectivity index (χ0v) is 9.09. The fourth-order valence-corrected chi connectivity index (χ4v) is 2.12. The Labute approximate surface area is 89.9 Å². The highest BCUT2D eigenvalue weighted by Gasteiger charge is 2.17. The van der Waals surface area contributed by atoms with Crippen LogP contribution in [0.1, 0.15) is 23.5 Å². The third kappa shape index (κ3) is 2.45. The highest BCUT2D eigenvalue weighted by molar-refractivity contribution is 5.69. The van der Waals surface area contributed by atoms with E-state index in [9.17, 15) is 4.79 Å². The van der Waals surface area contributed by atoms with Crippen LogP contribution in [0.25, 0.3) is 0 Å². The van der Waals surface area contributed by atoms with Crippen LogP contribution in [0.5, 0.6) is 0 Å². The van der Waals surface area contributed by atoms with E-state index >= 15 is 0 Å². The van der Waals surface area contributed by atoms with E-state index in [4.69, 9.17) is 0 Å². The molecule has 0 unspecified atom stereocenters. The molecule has 0 aliphatic carbocycles. The zero-order chi connectivity index (χ0) is 10.7. The first kappa shape index (κ1) is 10.4. The predicted molar refractivity (Wildman–Crippen MR) is 57.8 cm³/mol. The maximum absolute atomic E-state index is 10.7. The van der Waals surface area contributed by atoms with Crippen LogP contribution in [0.4, 0.5) is 0 Å². The van der Waals surface area contributed by atoms with Crippen LogP contribution in [0.3, 0.4) is 0 Å². The molecule has 0 saturated carbocycles. The van der Waals surface area contributed by atoms with Crippen LogP contribution in [-0.2, 0) is 6.54 Å². The third-order valence-corrected chi connectivity index (χ3v) is 3.15. The van der Waals surface area contributed by atoms with Crippen molar-refractivity contribution in [3.05, 3.63) is 18.2 Å². The van der Waals surface area contributed by atoms with Gasteiger partial charge in [-0.2, -0.15) is 0 Å². The van der Waals surface area contributed by atoms with Gasteiger partial charge in [-0.25, -0.2) is 4.98 Å². The number of likely N-dealkylation sites (tertiary alicyclic amines) is 1. The molecule has 1 aromatic heterocycles. The lowest BCUT2D eigenvalue weighted by atomic mass is 9.97. The monoisotopic (exact) mass is 207 g/mol. The molecule has 0 spiro atoms. The second-order valence-electron chi connectivity index (χ2n) is 4.30. The Bertz CT molecular complexity index is 326. The van der Waals surface area contributed by atoms with Crippen LogP contribution in [-0.4, -0.2) is 40.9 Å². The van der Waals surface area contributed by atoms with E-state index in [-0.39, 0.29) is 0 Å². The molecular formula is C11H17N3O. The van der Waals surface area contributed by atoms with Crippen molar-refractivity contribution in [2.75, 3.05) is 20.1 Å². The molecule has 1 fully saturated rings. The van der Waals surface area contributed by atoms with Gasteiger partial charge in [-0.15, -0.1) is 0 Å². The summed E-state index contributed by atoms with van der Waals surface area (Å²) in [6, 6.07) is 0. The van der Waals surface area contributed by atoms with Crippen molar-refractivity contribution >= 4 is 6.29 Å². The molecule has 0 N–H and O–H groups in total. The molecular weight excluding hydrogens is 190 g/mol. The number of hydrogen-bond donors (Lipinski definition) is 0. The minimum atomic E-state index is 0.550. The normalized spacial score (nSPS) is 19.3. The zero-order valence-electron chi connectivity index (χ0n) is 9.09. The van der Waals surface area contributed by atoms with Crippen LogP contribution in [0, 0.1) is 5.92 Å². The second-order valence-corrected chi connectivity index (χ2v) is 4.30. The minimum Gasteiger partial charge on any atom is -0.328 e. The SMILES string of the molecule is CN1CCC(Cn2ccnc2C=O)CC1. The van der Waals surface area contributed by atoms with Crippen molar-refractivity contribution in [2.24, 2.45) is 5.92 Å². The largest absolute Gasteiger partial charge is 0.328 e. The Morgan fingerprint density at radius 1 is 1.53 bits per heavy atom. The molecule has 0 atom stereocenters. The Kier molecular flexibility index (Phi) is 3.16. The van der Waals surface area contributed by atoms with Gasteiger partial charge < -0.3 is 9.47 Å². The molecule has 4 nitrogen and oxygen atoms in total. The Morgan fingerprint density at radius 2 is 2.27 bits per heavy atom. The van der Waals surface area contributed by atoms with Crippen molar-refractivity contribution in [3.8, 4) is 0 Å². The van der Waals surface area contributed by atoms with Gasteiger partial charge in [-0.05, 0) is 38.9 Å². The van der Waals surface area contributed by atoms with Gasteiger partial charge in [-0.1, -0.05) is 0 Å². The lowest BCUT2D eigenvalue weighted by Gasteiger charge is -2.29. The van der Waals surface area contributed by atoms with Crippen LogP contribution in [0.15, 0.2) is 12.4 Å². The van der Waals surface area contributed by atoms with Gasteiger partial charge in [0.25, 0.3) is 0 Å². The van der Waals surface area contributed by atoms with Crippen molar-refractivity contribution in [1.29, 1.82) is 0 Å². The molecule has 0 bridgehead atoms. The van der Waals surface area contributed by atoms with Gasteiger partial charge in [0.2, 0.25) is 0 Å². The van der Waals surface area contributed by atoms with Crippen LogP contribution in [0.2, 0.25) is 0 Å². The molecule has 0 amide bonds. The quantitative estimate of drug-likeness (QED) is 0.695. The van der Waals surface area contributed by atoms with E-state index in [0.29, 0.717) is 11.7 Å². The molecule has 2 heterocycles. The van der Waals surface area contributed by atoms with E-state index < -0.39 is 0 Å². The topological polar surface area (TPSA) is 38.1 Å². The summed E-state index contributed by atoms with van der Waals surface area (Å²) in [4.78, 5) is 17.0. The fourth-order valence-electron chi connectivity index (χ4n) is 2.12. The predicted octanol–water partition coefficient (Wildman–Crippen LogP) is 1.04. The maximum Gasteiger partial charge on any atom is 0.185 e. The van der Waals surface area contributed by atoms with E-state index in [1.165, 1.54) is 12.8 Å². The van der Waals surface area contributed by atoms with Crippen molar-refractivity contribution in [3.63, 3.8) is 0 Å². The van der Waals surface area contributed by atoms with Crippen LogP contribution >= 0.6 is 0 Å². The van der Waals surface area contributed by atoms with E-state index in [1.807, 2.05) is 10.8 Å². The van der Waals surface area contributed by atoms with Gasteiger partial charge in [0.05, 0.1) is 0 Å². The highest BCUT2D eigenvalue weighted by atomic mass is 16.1. The molecule has 0 aromatic carbocycles. The Hall–Kier alpha value is -1.16. The summed E-state index contributed by atoms with van der Waals surface area (Å²) >= 11 is 0. The highest BCUT2D eigenvalue weighted by Crippen LogP contribution is 2.18. The number of carbonyl (C=O) groups excluding carboxylic acids is 1. The maximum atomic E-state index is 10.7. The Morgan fingerprint density at radius 3 is 2.93 bits per heavy atom. The summed E-state index contributed by atoms with van der Waals surface area (Å²) in [5.41, 5.74) is 0. The molecule has 82 valence electrons. The number of hydrogen-bond acceptors (Lipinski definition) is 3. The lowest BCUT2D eigenvalue weighted by Crippen LogP contribution is -2.32. The second kappa shape index (κ2) is 4.57. The van der Waals surface area contributed by atoms with Gasteiger partial charge in [0.1, 0.15) is 0 Å². The molecule has 0 radical (unpaired) electrons. The first-order valence-electron chi connectivity index (χ1n) is 5.44. The molecule has 15 heavy (non-hydrogen) atoms. The van der Waals surface area contributed by atoms with Crippen molar-refractivity contribution < 1.29 is 4.79 Å². The number of rotatable bonds is 3. The summed E-state index contributed by atoms with van der Waals surface area (Å²) in [6.07, 6.45) is 6.84. The molecule has 1 aliphatic heterocycles. The van der Waals surface area contributed by atoms with Gasteiger partial charge in [0, 0.05) is 18.9 Å². The number of carbonyl (C=O) groups is 1. The van der Waals surface area contributed by atoms with E-state index in [0.717, 1.165) is 25.9 Å².